The Morgan fingerprint density at radius 3 is 2.74 bits per heavy atom. The summed E-state index contributed by atoms with van der Waals surface area (Å²) in [5, 5.41) is 2.95. The van der Waals surface area contributed by atoms with Crippen LogP contribution >= 0.6 is 11.6 Å². The number of nitrogens with zero attached hydrogens (tertiary/aromatic N) is 2. The molecule has 3 rings (SSSR count). The number of hydrogen-bond acceptors (Lipinski definition) is 3. The van der Waals surface area contributed by atoms with Crippen LogP contribution in [0.5, 0.6) is 5.75 Å². The van der Waals surface area contributed by atoms with Gasteiger partial charge in [0.1, 0.15) is 23.2 Å². The highest BCUT2D eigenvalue weighted by atomic mass is 35.5. The number of halogens is 3. The van der Waals surface area contributed by atoms with Crippen molar-refractivity contribution in [2.75, 3.05) is 13.2 Å². The lowest BCUT2D eigenvalue weighted by atomic mass is 10.3. The van der Waals surface area contributed by atoms with Gasteiger partial charge in [0.05, 0.1) is 29.1 Å². The number of carbonyl (C=O) groups excluding carboxylic acids is 1. The van der Waals surface area contributed by atoms with Gasteiger partial charge in [-0.15, -0.1) is 0 Å². The smallest absolute Gasteiger partial charge is 0.223 e. The molecule has 0 aliphatic heterocycles. The van der Waals surface area contributed by atoms with E-state index < -0.39 is 5.82 Å². The van der Waals surface area contributed by atoms with Crippen LogP contribution < -0.4 is 10.1 Å². The van der Waals surface area contributed by atoms with Gasteiger partial charge in [0.2, 0.25) is 5.91 Å². The minimum Gasteiger partial charge on any atom is -0.491 e. The molecule has 1 aromatic heterocycles. The second-order valence-corrected chi connectivity index (χ2v) is 6.40. The number of carbonyl (C=O) groups is 1. The fourth-order valence-electron chi connectivity index (χ4n) is 2.68. The Balaban J connectivity index is 1.45. The first kappa shape index (κ1) is 19.1. The van der Waals surface area contributed by atoms with Crippen LogP contribution in [-0.4, -0.2) is 28.6 Å². The van der Waals surface area contributed by atoms with Crippen molar-refractivity contribution >= 4 is 28.5 Å². The molecule has 0 saturated carbocycles. The van der Waals surface area contributed by atoms with Crippen LogP contribution in [0.15, 0.2) is 36.4 Å². The molecule has 0 aliphatic carbocycles. The molecule has 1 amide bonds. The van der Waals surface area contributed by atoms with Gasteiger partial charge in [-0.3, -0.25) is 4.79 Å². The molecule has 0 fully saturated rings. The molecule has 0 aliphatic rings. The molecule has 1 N–H and O–H groups in total. The summed E-state index contributed by atoms with van der Waals surface area (Å²) in [5.74, 6) is 0.141. The first-order valence-corrected chi connectivity index (χ1v) is 8.77. The summed E-state index contributed by atoms with van der Waals surface area (Å²) in [4.78, 5) is 16.3. The maximum atomic E-state index is 13.3. The first-order valence-electron chi connectivity index (χ1n) is 8.39. The largest absolute Gasteiger partial charge is 0.491 e. The molecule has 27 heavy (non-hydrogen) atoms. The van der Waals surface area contributed by atoms with Gasteiger partial charge in [-0.25, -0.2) is 13.8 Å². The zero-order valence-corrected chi connectivity index (χ0v) is 15.4. The summed E-state index contributed by atoms with van der Waals surface area (Å²) in [6, 6.07) is 8.25. The Labute approximate surface area is 159 Å². The highest BCUT2D eigenvalue weighted by Crippen LogP contribution is 2.24. The minimum absolute atomic E-state index is 0.128. The minimum atomic E-state index is -0.449. The van der Waals surface area contributed by atoms with Crippen molar-refractivity contribution in [3.63, 3.8) is 0 Å². The third kappa shape index (κ3) is 4.74. The van der Waals surface area contributed by atoms with Gasteiger partial charge in [-0.1, -0.05) is 11.6 Å². The van der Waals surface area contributed by atoms with Crippen LogP contribution in [0.2, 0.25) is 5.02 Å². The van der Waals surface area contributed by atoms with E-state index in [4.69, 9.17) is 16.3 Å². The molecule has 0 spiro atoms. The number of fused-ring (bicyclic) bond motifs is 1. The molecule has 5 nitrogen and oxygen atoms in total. The van der Waals surface area contributed by atoms with E-state index in [-0.39, 0.29) is 29.8 Å². The highest BCUT2D eigenvalue weighted by molar-refractivity contribution is 6.32. The number of benzene rings is 2. The quantitative estimate of drug-likeness (QED) is 0.667. The second-order valence-electron chi connectivity index (χ2n) is 5.99. The molecule has 0 atom stereocenters. The maximum absolute atomic E-state index is 13.3. The normalized spacial score (nSPS) is 11.0. The van der Waals surface area contributed by atoms with Crippen LogP contribution in [0.3, 0.4) is 0 Å². The summed E-state index contributed by atoms with van der Waals surface area (Å²) in [7, 11) is 1.81. The van der Waals surface area contributed by atoms with E-state index in [1.807, 2.05) is 11.6 Å². The topological polar surface area (TPSA) is 56.2 Å². The van der Waals surface area contributed by atoms with E-state index in [0.717, 1.165) is 11.9 Å². The lowest BCUT2D eigenvalue weighted by Crippen LogP contribution is -2.27. The third-order valence-electron chi connectivity index (χ3n) is 4.09. The summed E-state index contributed by atoms with van der Waals surface area (Å²) in [5.41, 5.74) is 1.42. The van der Waals surface area contributed by atoms with Crippen molar-refractivity contribution in [1.82, 2.24) is 14.9 Å². The van der Waals surface area contributed by atoms with Crippen LogP contribution in [0.1, 0.15) is 12.2 Å². The predicted molar refractivity (Wildman–Crippen MR) is 98.9 cm³/mol. The summed E-state index contributed by atoms with van der Waals surface area (Å²) in [6.07, 6.45) is 0.657. The average molecular weight is 394 g/mol. The van der Waals surface area contributed by atoms with Gasteiger partial charge in [0, 0.05) is 20.0 Å². The lowest BCUT2D eigenvalue weighted by Gasteiger charge is -2.09. The van der Waals surface area contributed by atoms with Crippen LogP contribution in [-0.2, 0) is 18.3 Å². The van der Waals surface area contributed by atoms with E-state index in [9.17, 15) is 13.6 Å². The van der Waals surface area contributed by atoms with Crippen LogP contribution in [0, 0.1) is 11.6 Å². The van der Waals surface area contributed by atoms with Gasteiger partial charge in [-0.2, -0.15) is 0 Å². The standard InChI is InChI=1S/C19H18ClF2N3O2/c1-25-16-11-13(22)2-4-15(16)24-18(25)6-8-23-19(26)7-9-27-17-5-3-12(21)10-14(17)20/h2-5,10-11H,6-9H2,1H3,(H,23,26). The number of aryl methyl sites for hydroxylation is 1. The van der Waals surface area contributed by atoms with Crippen LogP contribution in [0.4, 0.5) is 8.78 Å². The molecule has 8 heteroatoms. The number of imidazole rings is 1. The second kappa shape index (κ2) is 8.35. The van der Waals surface area contributed by atoms with E-state index in [1.54, 1.807) is 6.07 Å². The Morgan fingerprint density at radius 2 is 1.96 bits per heavy atom. The molecular weight excluding hydrogens is 376 g/mol. The molecule has 0 unspecified atom stereocenters. The SMILES string of the molecule is Cn1c(CCNC(=O)CCOc2ccc(F)cc2Cl)nc2ccc(F)cc21. The van der Waals surface area contributed by atoms with Crippen molar-refractivity contribution in [1.29, 1.82) is 0 Å². The molecular formula is C19H18ClF2N3O2. The van der Waals surface area contributed by atoms with Gasteiger partial charge < -0.3 is 14.6 Å². The van der Waals surface area contributed by atoms with Gasteiger partial charge in [0.25, 0.3) is 0 Å². The Kier molecular flexibility index (Phi) is 5.91. The monoisotopic (exact) mass is 393 g/mol. The van der Waals surface area contributed by atoms with Crippen LogP contribution in [0.25, 0.3) is 11.0 Å². The Hall–Kier alpha value is -2.67. The summed E-state index contributed by atoms with van der Waals surface area (Å²) < 4.78 is 33.5. The predicted octanol–water partition coefficient (Wildman–Crippen LogP) is 3.63. The van der Waals surface area contributed by atoms with E-state index in [1.165, 1.54) is 24.3 Å². The van der Waals surface area contributed by atoms with Crippen molar-refractivity contribution < 1.29 is 18.3 Å². The van der Waals surface area contributed by atoms with Crippen molar-refractivity contribution in [2.45, 2.75) is 12.8 Å². The fourth-order valence-corrected chi connectivity index (χ4v) is 2.91. The number of hydrogen-bond donors (Lipinski definition) is 1. The zero-order valence-electron chi connectivity index (χ0n) is 14.6. The average Bonchev–Trinajstić information content (AvgIpc) is 2.93. The fraction of sp³-hybridized carbons (Fsp3) is 0.263. The molecule has 0 radical (unpaired) electrons. The summed E-state index contributed by atoms with van der Waals surface area (Å²) >= 11 is 5.86. The Morgan fingerprint density at radius 1 is 1.22 bits per heavy atom. The molecule has 142 valence electrons. The Bertz CT molecular complexity index is 975. The third-order valence-corrected chi connectivity index (χ3v) is 4.38. The summed E-state index contributed by atoms with van der Waals surface area (Å²) in [6.45, 7) is 0.526. The van der Waals surface area contributed by atoms with Gasteiger partial charge >= 0.3 is 0 Å². The van der Waals surface area contributed by atoms with Crippen molar-refractivity contribution in [2.24, 2.45) is 7.05 Å². The number of aromatic nitrogens is 2. The van der Waals surface area contributed by atoms with E-state index in [2.05, 4.69) is 10.3 Å². The van der Waals surface area contributed by atoms with Crippen molar-refractivity contribution in [3.8, 4) is 5.75 Å². The molecule has 3 aromatic rings. The molecule has 2 aromatic carbocycles. The van der Waals surface area contributed by atoms with E-state index >= 15 is 0 Å². The van der Waals surface area contributed by atoms with Gasteiger partial charge in [-0.05, 0) is 36.4 Å². The number of ether oxygens (including phenoxy) is 1. The number of nitrogens with one attached hydrogen (secondary N) is 1. The zero-order chi connectivity index (χ0) is 19.4. The highest BCUT2D eigenvalue weighted by Gasteiger charge is 2.10. The number of rotatable bonds is 7. The maximum Gasteiger partial charge on any atom is 0.223 e. The molecule has 0 bridgehead atoms. The number of amides is 1. The molecule has 0 saturated heterocycles. The lowest BCUT2D eigenvalue weighted by molar-refractivity contribution is -0.121. The van der Waals surface area contributed by atoms with Gasteiger partial charge in [0.15, 0.2) is 0 Å². The van der Waals surface area contributed by atoms with E-state index in [0.29, 0.717) is 29.7 Å². The molecule has 1 heterocycles. The van der Waals surface area contributed by atoms with Crippen molar-refractivity contribution in [3.05, 3.63) is 58.9 Å². The first-order chi connectivity index (χ1) is 12.9.